The fraction of sp³-hybridized carbons (Fsp3) is 0.857. The van der Waals surface area contributed by atoms with Crippen LogP contribution < -0.4 is 0 Å². The van der Waals surface area contributed by atoms with Crippen LogP contribution in [0.2, 0.25) is 0 Å². The van der Waals surface area contributed by atoms with Gasteiger partial charge in [0.05, 0.1) is 24.5 Å². The number of ether oxygens (including phenoxy) is 1. The predicted molar refractivity (Wildman–Crippen MR) is 96.1 cm³/mol. The molecule has 3 rings (SSSR count). The van der Waals surface area contributed by atoms with E-state index >= 15 is 0 Å². The monoisotopic (exact) mass is 364 g/mol. The Hall–Kier alpha value is -1.23. The number of carbonyl (C=O) groups excluding carboxylic acids is 3. The number of fused-ring (bicyclic) bond motifs is 3. The summed E-state index contributed by atoms with van der Waals surface area (Å²) in [5.41, 5.74) is -1.19. The van der Waals surface area contributed by atoms with Crippen LogP contribution in [0.15, 0.2) is 0 Å². The van der Waals surface area contributed by atoms with Crippen LogP contribution in [0.1, 0.15) is 59.3 Å². The van der Waals surface area contributed by atoms with Crippen molar-refractivity contribution in [2.75, 3.05) is 7.11 Å². The van der Waals surface area contributed by atoms with E-state index in [-0.39, 0.29) is 16.7 Å². The Labute approximate surface area is 155 Å². The highest BCUT2D eigenvalue weighted by Gasteiger charge is 2.68. The van der Waals surface area contributed by atoms with E-state index in [1.54, 1.807) is 0 Å². The molecule has 0 spiro atoms. The van der Waals surface area contributed by atoms with Crippen molar-refractivity contribution in [2.24, 2.45) is 39.9 Å². The quantitative estimate of drug-likeness (QED) is 0.615. The predicted octanol–water partition coefficient (Wildman–Crippen LogP) is 2.78. The highest BCUT2D eigenvalue weighted by molar-refractivity contribution is 5.81. The zero-order valence-electron chi connectivity index (χ0n) is 16.4. The van der Waals surface area contributed by atoms with Gasteiger partial charge in [0.2, 0.25) is 0 Å². The third kappa shape index (κ3) is 2.42. The summed E-state index contributed by atoms with van der Waals surface area (Å²) in [7, 11) is 1.31. The topological polar surface area (TPSA) is 80.7 Å². The van der Waals surface area contributed by atoms with Crippen molar-refractivity contribution in [2.45, 2.75) is 65.4 Å². The van der Waals surface area contributed by atoms with E-state index in [2.05, 4.69) is 20.8 Å². The summed E-state index contributed by atoms with van der Waals surface area (Å²) < 4.78 is 4.90. The highest BCUT2D eigenvalue weighted by Crippen LogP contribution is 2.68. The lowest BCUT2D eigenvalue weighted by molar-refractivity contribution is -0.219. The second-order valence-electron chi connectivity index (χ2n) is 9.69. The summed E-state index contributed by atoms with van der Waals surface area (Å²) in [5.74, 6) is -1.70. The Morgan fingerprint density at radius 3 is 2.38 bits per heavy atom. The van der Waals surface area contributed by atoms with Crippen molar-refractivity contribution in [3.05, 3.63) is 0 Å². The minimum Gasteiger partial charge on any atom is -0.469 e. The lowest BCUT2D eigenvalue weighted by Gasteiger charge is -2.66. The molecule has 7 atom stereocenters. The molecule has 3 aliphatic carbocycles. The third-order valence-corrected chi connectivity index (χ3v) is 8.34. The van der Waals surface area contributed by atoms with Gasteiger partial charge in [-0.3, -0.25) is 4.79 Å². The maximum atomic E-state index is 12.5. The summed E-state index contributed by atoms with van der Waals surface area (Å²) in [5, 5.41) is 11.2. The zero-order chi connectivity index (χ0) is 19.3. The molecule has 1 N–H and O–H groups in total. The molecule has 0 bridgehead atoms. The van der Waals surface area contributed by atoms with Gasteiger partial charge < -0.3 is 19.4 Å². The zero-order valence-corrected chi connectivity index (χ0v) is 16.4. The highest BCUT2D eigenvalue weighted by atomic mass is 16.5. The van der Waals surface area contributed by atoms with E-state index in [0.717, 1.165) is 31.8 Å². The summed E-state index contributed by atoms with van der Waals surface area (Å²) in [6, 6.07) is 0. The molecule has 5 heteroatoms. The maximum absolute atomic E-state index is 12.5. The molecule has 0 aromatic carbocycles. The average Bonchev–Trinajstić information content (AvgIpc) is 2.61. The van der Waals surface area contributed by atoms with Gasteiger partial charge in [-0.05, 0) is 54.8 Å². The molecule has 3 aliphatic rings. The number of rotatable bonds is 3. The second-order valence-corrected chi connectivity index (χ2v) is 9.69. The Balaban J connectivity index is 2.11. The van der Waals surface area contributed by atoms with Crippen LogP contribution in [-0.2, 0) is 19.1 Å². The van der Waals surface area contributed by atoms with E-state index in [0.29, 0.717) is 25.2 Å². The number of carbonyl (C=O) groups is 3. The fourth-order valence-electron chi connectivity index (χ4n) is 7.18. The molecule has 26 heavy (non-hydrogen) atoms. The van der Waals surface area contributed by atoms with Gasteiger partial charge in [-0.2, -0.15) is 0 Å². The Morgan fingerprint density at radius 1 is 1.12 bits per heavy atom. The summed E-state index contributed by atoms with van der Waals surface area (Å²) in [6.45, 7) is 6.76. The number of aliphatic hydroxyl groups excluding tert-OH is 1. The molecule has 0 aromatic heterocycles. The Kier molecular flexibility index (Phi) is 4.83. The molecule has 0 saturated heterocycles. The van der Waals surface area contributed by atoms with Crippen molar-refractivity contribution in [1.82, 2.24) is 0 Å². The van der Waals surface area contributed by atoms with Crippen LogP contribution in [0.5, 0.6) is 0 Å². The smallest absolute Gasteiger partial charge is 0.309 e. The van der Waals surface area contributed by atoms with Gasteiger partial charge in [0, 0.05) is 5.92 Å². The van der Waals surface area contributed by atoms with Crippen LogP contribution in [0.25, 0.3) is 0 Å². The number of esters is 1. The number of aliphatic hydroxyl groups is 1. The van der Waals surface area contributed by atoms with Crippen LogP contribution in [-0.4, -0.2) is 36.9 Å². The van der Waals surface area contributed by atoms with Crippen molar-refractivity contribution < 1.29 is 24.2 Å². The molecule has 3 fully saturated rings. The minimum absolute atomic E-state index is 0.0862. The second kappa shape index (κ2) is 6.43. The molecule has 5 nitrogen and oxygen atoms in total. The number of methoxy groups -OCH3 is 1. The summed E-state index contributed by atoms with van der Waals surface area (Å²) in [6.07, 6.45) is 5.55. The maximum Gasteiger partial charge on any atom is 0.309 e. The van der Waals surface area contributed by atoms with Crippen molar-refractivity contribution in [3.63, 3.8) is 0 Å². The molecule has 0 aromatic rings. The first-order chi connectivity index (χ1) is 12.2. The normalized spacial score (nSPS) is 47.2. The molecule has 0 heterocycles. The van der Waals surface area contributed by atoms with E-state index in [1.165, 1.54) is 7.11 Å². The third-order valence-electron chi connectivity index (χ3n) is 8.34. The van der Waals surface area contributed by atoms with Crippen molar-refractivity contribution >= 4 is 18.5 Å². The van der Waals surface area contributed by atoms with Crippen molar-refractivity contribution in [3.8, 4) is 0 Å². The van der Waals surface area contributed by atoms with E-state index < -0.39 is 29.3 Å². The van der Waals surface area contributed by atoms with Gasteiger partial charge in [0.25, 0.3) is 0 Å². The first kappa shape index (κ1) is 19.5. The number of hydrogen-bond donors (Lipinski definition) is 1. The first-order valence-electron chi connectivity index (χ1n) is 9.86. The number of hydrogen-bond acceptors (Lipinski definition) is 5. The molecule has 0 radical (unpaired) electrons. The SMILES string of the molecule is COC(=O)C1CCC2C3(C)CCCC(C)(C)C3CC(O)C2(C=O)C1C=O. The van der Waals surface area contributed by atoms with Crippen molar-refractivity contribution in [1.29, 1.82) is 0 Å². The van der Waals surface area contributed by atoms with E-state index in [4.69, 9.17) is 4.74 Å². The lowest BCUT2D eigenvalue weighted by atomic mass is 9.38. The van der Waals surface area contributed by atoms with Gasteiger partial charge in [-0.25, -0.2) is 0 Å². The molecular weight excluding hydrogens is 332 g/mol. The molecule has 146 valence electrons. The van der Waals surface area contributed by atoms with Gasteiger partial charge in [0.1, 0.15) is 12.6 Å². The van der Waals surface area contributed by atoms with Crippen LogP contribution in [0.3, 0.4) is 0 Å². The van der Waals surface area contributed by atoms with Crippen LogP contribution >= 0.6 is 0 Å². The number of aldehydes is 2. The minimum atomic E-state index is -1.18. The van der Waals surface area contributed by atoms with Crippen LogP contribution in [0, 0.1) is 39.9 Å². The van der Waals surface area contributed by atoms with E-state index in [9.17, 15) is 19.5 Å². The molecule has 7 unspecified atom stereocenters. The lowest BCUT2D eigenvalue weighted by Crippen LogP contribution is -2.67. The van der Waals surface area contributed by atoms with Gasteiger partial charge in [-0.15, -0.1) is 0 Å². The first-order valence-corrected chi connectivity index (χ1v) is 9.86. The molecule has 0 amide bonds. The Morgan fingerprint density at radius 2 is 1.81 bits per heavy atom. The largest absolute Gasteiger partial charge is 0.469 e. The fourth-order valence-corrected chi connectivity index (χ4v) is 7.18. The molecule has 0 aliphatic heterocycles. The van der Waals surface area contributed by atoms with Crippen LogP contribution in [0.4, 0.5) is 0 Å². The standard InChI is InChI=1S/C21H32O5/c1-19(2)8-5-9-20(3)15-7-6-13(18(25)26-4)14(11-22)21(15,12-23)17(24)10-16(19)20/h11-17,24H,5-10H2,1-4H3. The van der Waals surface area contributed by atoms with E-state index in [1.807, 2.05) is 0 Å². The summed E-state index contributed by atoms with van der Waals surface area (Å²) in [4.78, 5) is 36.8. The van der Waals surface area contributed by atoms with Gasteiger partial charge in [0.15, 0.2) is 0 Å². The van der Waals surface area contributed by atoms with Gasteiger partial charge >= 0.3 is 5.97 Å². The average molecular weight is 364 g/mol. The molecule has 3 saturated carbocycles. The Bertz CT molecular complexity index is 599. The van der Waals surface area contributed by atoms with Gasteiger partial charge in [-0.1, -0.05) is 27.2 Å². The molecular formula is C21H32O5. The summed E-state index contributed by atoms with van der Waals surface area (Å²) >= 11 is 0.